The van der Waals surface area contributed by atoms with Crippen LogP contribution in [0.2, 0.25) is 0 Å². The van der Waals surface area contributed by atoms with Gasteiger partial charge in [-0.05, 0) is 49.7 Å². The molecule has 2 N–H and O–H groups in total. The Balaban J connectivity index is 1.66. The average molecular weight is 486 g/mol. The standard InChI is InChI=1S/C24H27N3O6S/c1-16(2)27-34(29,30)22-12-18(9-10-21(22)32-4)24(28)26-15-17-8-11-23(25-14-17)33-20-7-5-6-19(13-20)31-3/h5-14,16,27H,15H2,1-4H3,(H,26,28). The molecule has 2 aromatic carbocycles. The van der Waals surface area contributed by atoms with Crippen LogP contribution in [0.1, 0.15) is 29.8 Å². The van der Waals surface area contributed by atoms with Crippen LogP contribution in [0.5, 0.6) is 23.1 Å². The number of benzene rings is 2. The first-order chi connectivity index (χ1) is 16.2. The Labute approximate surface area is 199 Å². The third-order valence-electron chi connectivity index (χ3n) is 4.62. The lowest BCUT2D eigenvalue weighted by atomic mass is 10.2. The van der Waals surface area contributed by atoms with Crippen molar-refractivity contribution in [2.75, 3.05) is 14.2 Å². The monoisotopic (exact) mass is 485 g/mol. The molecule has 0 bridgehead atoms. The highest BCUT2D eigenvalue weighted by Gasteiger charge is 2.22. The average Bonchev–Trinajstić information content (AvgIpc) is 2.82. The number of amides is 1. The van der Waals surface area contributed by atoms with Gasteiger partial charge in [-0.15, -0.1) is 0 Å². The molecular formula is C24H27N3O6S. The molecule has 0 radical (unpaired) electrons. The molecule has 9 nitrogen and oxygen atoms in total. The van der Waals surface area contributed by atoms with Crippen LogP contribution in [0, 0.1) is 0 Å². The highest BCUT2D eigenvalue weighted by atomic mass is 32.2. The Morgan fingerprint density at radius 3 is 2.41 bits per heavy atom. The van der Waals surface area contributed by atoms with Gasteiger partial charge in [-0.25, -0.2) is 18.1 Å². The van der Waals surface area contributed by atoms with E-state index in [0.717, 1.165) is 5.56 Å². The third kappa shape index (κ3) is 6.46. The molecule has 1 amide bonds. The first-order valence-corrected chi connectivity index (χ1v) is 12.0. The Bertz CT molecular complexity index is 1240. The van der Waals surface area contributed by atoms with E-state index in [-0.39, 0.29) is 28.8 Å². The number of methoxy groups -OCH3 is 2. The van der Waals surface area contributed by atoms with E-state index in [4.69, 9.17) is 14.2 Å². The number of nitrogens with one attached hydrogen (secondary N) is 2. The number of ether oxygens (including phenoxy) is 3. The summed E-state index contributed by atoms with van der Waals surface area (Å²) < 4.78 is 43.8. The molecule has 3 aromatic rings. The molecule has 1 aromatic heterocycles. The quantitative estimate of drug-likeness (QED) is 0.451. The maximum atomic E-state index is 12.7. The lowest BCUT2D eigenvalue weighted by Crippen LogP contribution is -2.31. The summed E-state index contributed by atoms with van der Waals surface area (Å²) in [5.41, 5.74) is 0.935. The van der Waals surface area contributed by atoms with E-state index in [0.29, 0.717) is 17.4 Å². The number of nitrogens with zero attached hydrogens (tertiary/aromatic N) is 1. The largest absolute Gasteiger partial charge is 0.497 e. The normalized spacial score (nSPS) is 11.2. The number of sulfonamides is 1. The zero-order chi connectivity index (χ0) is 24.7. The summed E-state index contributed by atoms with van der Waals surface area (Å²) in [5, 5.41) is 2.76. The van der Waals surface area contributed by atoms with E-state index in [2.05, 4.69) is 15.0 Å². The second kappa shape index (κ2) is 11.0. The number of rotatable bonds is 10. The van der Waals surface area contributed by atoms with Crippen LogP contribution in [-0.2, 0) is 16.6 Å². The fourth-order valence-corrected chi connectivity index (χ4v) is 4.49. The van der Waals surface area contributed by atoms with Crippen LogP contribution in [0.3, 0.4) is 0 Å². The predicted octanol–water partition coefficient (Wildman–Crippen LogP) is 3.51. The zero-order valence-electron chi connectivity index (χ0n) is 19.4. The van der Waals surface area contributed by atoms with Gasteiger partial charge in [0.2, 0.25) is 15.9 Å². The van der Waals surface area contributed by atoms with Crippen molar-refractivity contribution >= 4 is 15.9 Å². The highest BCUT2D eigenvalue weighted by Crippen LogP contribution is 2.26. The van der Waals surface area contributed by atoms with E-state index >= 15 is 0 Å². The maximum Gasteiger partial charge on any atom is 0.251 e. The lowest BCUT2D eigenvalue weighted by molar-refractivity contribution is 0.0950. The van der Waals surface area contributed by atoms with Gasteiger partial charge in [0.1, 0.15) is 22.1 Å². The summed E-state index contributed by atoms with van der Waals surface area (Å²) in [5.74, 6) is 1.38. The van der Waals surface area contributed by atoms with Gasteiger partial charge in [0.15, 0.2) is 0 Å². The maximum absolute atomic E-state index is 12.7. The molecule has 0 atom stereocenters. The van der Waals surface area contributed by atoms with E-state index in [1.807, 2.05) is 12.1 Å². The Kier molecular flexibility index (Phi) is 8.08. The van der Waals surface area contributed by atoms with Crippen LogP contribution < -0.4 is 24.2 Å². The van der Waals surface area contributed by atoms with Gasteiger partial charge in [0.05, 0.1) is 14.2 Å². The molecular weight excluding hydrogens is 458 g/mol. The van der Waals surface area contributed by atoms with Crippen LogP contribution in [0.25, 0.3) is 0 Å². The van der Waals surface area contributed by atoms with Gasteiger partial charge in [-0.1, -0.05) is 12.1 Å². The van der Waals surface area contributed by atoms with Crippen LogP contribution in [0.4, 0.5) is 0 Å². The number of hydrogen-bond acceptors (Lipinski definition) is 7. The second-order valence-electron chi connectivity index (χ2n) is 7.61. The molecule has 0 saturated heterocycles. The summed E-state index contributed by atoms with van der Waals surface area (Å²) in [6.07, 6.45) is 1.59. The van der Waals surface area contributed by atoms with E-state index in [1.54, 1.807) is 51.4 Å². The molecule has 0 fully saturated rings. The SMILES string of the molecule is COc1cccc(Oc2ccc(CNC(=O)c3ccc(OC)c(S(=O)(=O)NC(C)C)c3)cn2)c1. The smallest absolute Gasteiger partial charge is 0.251 e. The van der Waals surface area contributed by atoms with Crippen LogP contribution in [-0.4, -0.2) is 39.6 Å². The van der Waals surface area contributed by atoms with Gasteiger partial charge in [-0.2, -0.15) is 0 Å². The number of pyridine rings is 1. The summed E-state index contributed by atoms with van der Waals surface area (Å²) in [4.78, 5) is 16.8. The molecule has 0 aliphatic heterocycles. The van der Waals surface area contributed by atoms with Crippen molar-refractivity contribution in [3.63, 3.8) is 0 Å². The minimum Gasteiger partial charge on any atom is -0.497 e. The first kappa shape index (κ1) is 25.0. The topological polar surface area (TPSA) is 116 Å². The third-order valence-corrected chi connectivity index (χ3v) is 6.30. The highest BCUT2D eigenvalue weighted by molar-refractivity contribution is 7.89. The fraction of sp³-hybridized carbons (Fsp3) is 0.250. The van der Waals surface area contributed by atoms with Gasteiger partial charge >= 0.3 is 0 Å². The minimum atomic E-state index is -3.85. The van der Waals surface area contributed by atoms with E-state index in [9.17, 15) is 13.2 Å². The van der Waals surface area contributed by atoms with Gasteiger partial charge in [0.25, 0.3) is 5.91 Å². The number of carbonyl (C=O) groups excluding carboxylic acids is 1. The van der Waals surface area contributed by atoms with E-state index in [1.165, 1.54) is 25.3 Å². The number of carbonyl (C=O) groups is 1. The molecule has 0 saturated carbocycles. The van der Waals surface area contributed by atoms with Gasteiger partial charge in [0, 0.05) is 36.5 Å². The van der Waals surface area contributed by atoms with Crippen molar-refractivity contribution in [3.8, 4) is 23.1 Å². The van der Waals surface area contributed by atoms with Crippen molar-refractivity contribution in [3.05, 3.63) is 71.9 Å². The summed E-state index contributed by atoms with van der Waals surface area (Å²) in [7, 11) is -0.896. The number of hydrogen-bond donors (Lipinski definition) is 2. The second-order valence-corrected chi connectivity index (χ2v) is 9.29. The van der Waals surface area contributed by atoms with Crippen LogP contribution >= 0.6 is 0 Å². The van der Waals surface area contributed by atoms with Gasteiger partial charge < -0.3 is 19.5 Å². The van der Waals surface area contributed by atoms with Crippen LogP contribution in [0.15, 0.2) is 65.7 Å². The summed E-state index contributed by atoms with van der Waals surface area (Å²) in [6.45, 7) is 3.62. The predicted molar refractivity (Wildman–Crippen MR) is 127 cm³/mol. The molecule has 10 heteroatoms. The summed E-state index contributed by atoms with van der Waals surface area (Å²) >= 11 is 0. The number of aromatic nitrogens is 1. The first-order valence-electron chi connectivity index (χ1n) is 10.5. The molecule has 0 unspecified atom stereocenters. The molecule has 180 valence electrons. The van der Waals surface area contributed by atoms with Crippen molar-refractivity contribution in [1.29, 1.82) is 0 Å². The summed E-state index contributed by atoms with van der Waals surface area (Å²) in [6, 6.07) is 14.6. The van der Waals surface area contributed by atoms with E-state index < -0.39 is 15.9 Å². The van der Waals surface area contributed by atoms with Crippen molar-refractivity contribution in [1.82, 2.24) is 15.0 Å². The molecule has 3 rings (SSSR count). The fourth-order valence-electron chi connectivity index (χ4n) is 3.05. The molecule has 0 aliphatic carbocycles. The van der Waals surface area contributed by atoms with Crippen molar-refractivity contribution < 1.29 is 27.4 Å². The van der Waals surface area contributed by atoms with Crippen molar-refractivity contribution in [2.45, 2.75) is 31.3 Å². The zero-order valence-corrected chi connectivity index (χ0v) is 20.2. The molecule has 0 spiro atoms. The molecule has 34 heavy (non-hydrogen) atoms. The Morgan fingerprint density at radius 2 is 1.76 bits per heavy atom. The van der Waals surface area contributed by atoms with Crippen molar-refractivity contribution in [2.24, 2.45) is 0 Å². The minimum absolute atomic E-state index is 0.0999. The molecule has 0 aliphatic rings. The van der Waals surface area contributed by atoms with Gasteiger partial charge in [-0.3, -0.25) is 4.79 Å². The molecule has 1 heterocycles. The Hall–Kier alpha value is -3.63. The lowest BCUT2D eigenvalue weighted by Gasteiger charge is -2.14. The Morgan fingerprint density at radius 1 is 1.00 bits per heavy atom.